The van der Waals surface area contributed by atoms with E-state index in [0.29, 0.717) is 4.75 Å². The van der Waals surface area contributed by atoms with Gasteiger partial charge < -0.3 is 5.32 Å². The average molecular weight is 256 g/mol. The van der Waals surface area contributed by atoms with Gasteiger partial charge in [-0.3, -0.25) is 4.90 Å². The molecule has 2 aliphatic rings. The zero-order valence-corrected chi connectivity index (χ0v) is 12.5. The number of hydrogen-bond acceptors (Lipinski definition) is 3. The summed E-state index contributed by atoms with van der Waals surface area (Å²) in [5, 5.41) is 3.83. The van der Waals surface area contributed by atoms with Crippen LogP contribution in [0.5, 0.6) is 0 Å². The summed E-state index contributed by atoms with van der Waals surface area (Å²) in [6, 6.07) is 1.70. The minimum atomic E-state index is 0.465. The Morgan fingerprint density at radius 3 is 2.47 bits per heavy atom. The van der Waals surface area contributed by atoms with Gasteiger partial charge in [-0.1, -0.05) is 13.8 Å². The van der Waals surface area contributed by atoms with E-state index in [9.17, 15) is 0 Å². The number of hydrogen-bond donors (Lipinski definition) is 1. The van der Waals surface area contributed by atoms with E-state index in [-0.39, 0.29) is 0 Å². The SMILES string of the molecule is CCC(CC)(CNC1CCN(C2CC2)C1)SC. The third kappa shape index (κ3) is 3.39. The van der Waals surface area contributed by atoms with Crippen LogP contribution in [0.2, 0.25) is 0 Å². The van der Waals surface area contributed by atoms with Gasteiger partial charge in [0.25, 0.3) is 0 Å². The summed E-state index contributed by atoms with van der Waals surface area (Å²) in [7, 11) is 0. The highest BCUT2D eigenvalue weighted by Crippen LogP contribution is 2.32. The van der Waals surface area contributed by atoms with Crippen molar-refractivity contribution < 1.29 is 0 Å². The largest absolute Gasteiger partial charge is 0.311 e. The van der Waals surface area contributed by atoms with Crippen LogP contribution < -0.4 is 5.32 Å². The first-order valence-corrected chi connectivity index (χ1v) is 8.48. The van der Waals surface area contributed by atoms with E-state index >= 15 is 0 Å². The Bertz CT molecular complexity index is 228. The van der Waals surface area contributed by atoms with Crippen molar-refractivity contribution in [3.8, 4) is 0 Å². The van der Waals surface area contributed by atoms with Crippen molar-refractivity contribution in [1.29, 1.82) is 0 Å². The lowest BCUT2D eigenvalue weighted by Crippen LogP contribution is -2.43. The molecule has 1 N–H and O–H groups in total. The van der Waals surface area contributed by atoms with E-state index in [2.05, 4.69) is 30.3 Å². The molecule has 1 unspecified atom stereocenters. The van der Waals surface area contributed by atoms with Crippen LogP contribution >= 0.6 is 11.8 Å². The molecule has 1 saturated carbocycles. The first kappa shape index (κ1) is 13.7. The van der Waals surface area contributed by atoms with E-state index in [1.807, 2.05) is 11.8 Å². The van der Waals surface area contributed by atoms with Gasteiger partial charge in [-0.05, 0) is 38.4 Å². The van der Waals surface area contributed by atoms with Crippen molar-refractivity contribution in [3.63, 3.8) is 0 Å². The smallest absolute Gasteiger partial charge is 0.0276 e. The lowest BCUT2D eigenvalue weighted by molar-refractivity contribution is 0.315. The maximum Gasteiger partial charge on any atom is 0.0276 e. The molecule has 0 amide bonds. The number of thioether (sulfide) groups is 1. The molecule has 0 aromatic rings. The molecule has 2 rings (SSSR count). The molecule has 0 bridgehead atoms. The van der Waals surface area contributed by atoms with Crippen LogP contribution in [0.3, 0.4) is 0 Å². The fraction of sp³-hybridized carbons (Fsp3) is 1.00. The van der Waals surface area contributed by atoms with Crippen molar-refractivity contribution in [2.45, 2.75) is 62.8 Å². The van der Waals surface area contributed by atoms with Crippen molar-refractivity contribution in [1.82, 2.24) is 10.2 Å². The van der Waals surface area contributed by atoms with E-state index in [4.69, 9.17) is 0 Å². The first-order valence-electron chi connectivity index (χ1n) is 7.25. The van der Waals surface area contributed by atoms with Crippen molar-refractivity contribution in [2.75, 3.05) is 25.9 Å². The van der Waals surface area contributed by atoms with Crippen LogP contribution in [0.1, 0.15) is 46.0 Å². The fourth-order valence-corrected chi connectivity index (χ4v) is 3.72. The minimum absolute atomic E-state index is 0.465. The highest BCUT2D eigenvalue weighted by atomic mass is 32.2. The molecule has 1 saturated heterocycles. The molecule has 0 radical (unpaired) electrons. The van der Waals surface area contributed by atoms with Gasteiger partial charge in [0.1, 0.15) is 0 Å². The molecule has 2 nitrogen and oxygen atoms in total. The summed E-state index contributed by atoms with van der Waals surface area (Å²) in [5.74, 6) is 0. The van der Waals surface area contributed by atoms with Gasteiger partial charge in [-0.2, -0.15) is 11.8 Å². The van der Waals surface area contributed by atoms with E-state index in [1.54, 1.807) is 0 Å². The number of rotatable bonds is 7. The number of likely N-dealkylation sites (tertiary alicyclic amines) is 1. The van der Waals surface area contributed by atoms with Gasteiger partial charge in [0.05, 0.1) is 0 Å². The standard InChI is InChI=1S/C14H28N2S/c1-4-14(5-2,17-3)11-15-12-8-9-16(10-12)13-6-7-13/h12-13,15H,4-11H2,1-3H3. The second-order valence-electron chi connectivity index (χ2n) is 5.69. The van der Waals surface area contributed by atoms with Crippen LogP contribution in [0, 0.1) is 0 Å². The molecule has 2 fully saturated rings. The minimum Gasteiger partial charge on any atom is -0.311 e. The zero-order valence-electron chi connectivity index (χ0n) is 11.7. The Morgan fingerprint density at radius 1 is 1.24 bits per heavy atom. The van der Waals surface area contributed by atoms with Crippen LogP contribution in [0.15, 0.2) is 0 Å². The zero-order chi connectivity index (χ0) is 12.3. The summed E-state index contributed by atoms with van der Waals surface area (Å²) in [4.78, 5) is 2.69. The topological polar surface area (TPSA) is 15.3 Å². The Balaban J connectivity index is 1.74. The van der Waals surface area contributed by atoms with Crippen LogP contribution in [-0.2, 0) is 0 Å². The second-order valence-corrected chi connectivity index (χ2v) is 6.96. The molecule has 1 aliphatic heterocycles. The van der Waals surface area contributed by atoms with Crippen LogP contribution in [0.4, 0.5) is 0 Å². The van der Waals surface area contributed by atoms with E-state index < -0.39 is 0 Å². The normalized spacial score (nSPS) is 26.6. The number of nitrogens with one attached hydrogen (secondary N) is 1. The van der Waals surface area contributed by atoms with E-state index in [0.717, 1.165) is 12.1 Å². The molecule has 100 valence electrons. The van der Waals surface area contributed by atoms with Crippen molar-refractivity contribution in [2.24, 2.45) is 0 Å². The molecular formula is C14H28N2S. The van der Waals surface area contributed by atoms with Crippen molar-refractivity contribution >= 4 is 11.8 Å². The second kappa shape index (κ2) is 5.94. The predicted octanol–water partition coefficient (Wildman–Crippen LogP) is 2.73. The van der Waals surface area contributed by atoms with Crippen LogP contribution in [0.25, 0.3) is 0 Å². The summed E-state index contributed by atoms with van der Waals surface area (Å²) >= 11 is 2.04. The molecule has 1 aliphatic carbocycles. The fourth-order valence-electron chi connectivity index (χ4n) is 2.92. The molecule has 17 heavy (non-hydrogen) atoms. The molecule has 1 atom stereocenters. The molecule has 1 heterocycles. The van der Waals surface area contributed by atoms with Gasteiger partial charge in [-0.15, -0.1) is 0 Å². The van der Waals surface area contributed by atoms with Gasteiger partial charge in [-0.25, -0.2) is 0 Å². The van der Waals surface area contributed by atoms with Crippen molar-refractivity contribution in [3.05, 3.63) is 0 Å². The number of nitrogens with zero attached hydrogens (tertiary/aromatic N) is 1. The Kier molecular flexibility index (Phi) is 4.79. The monoisotopic (exact) mass is 256 g/mol. The van der Waals surface area contributed by atoms with E-state index in [1.165, 1.54) is 51.7 Å². The third-order valence-corrected chi connectivity index (χ3v) is 6.31. The van der Waals surface area contributed by atoms with Gasteiger partial charge in [0.2, 0.25) is 0 Å². The van der Waals surface area contributed by atoms with Crippen LogP contribution in [-0.4, -0.2) is 47.6 Å². The molecule has 0 aromatic carbocycles. The highest BCUT2D eigenvalue weighted by Gasteiger charge is 2.35. The quantitative estimate of drug-likeness (QED) is 0.754. The summed E-state index contributed by atoms with van der Waals surface area (Å²) < 4.78 is 0.465. The van der Waals surface area contributed by atoms with Gasteiger partial charge in [0.15, 0.2) is 0 Å². The molecule has 0 aromatic heterocycles. The Morgan fingerprint density at radius 2 is 1.94 bits per heavy atom. The summed E-state index contributed by atoms with van der Waals surface area (Å²) in [5.41, 5.74) is 0. The Labute approximate surface area is 111 Å². The highest BCUT2D eigenvalue weighted by molar-refractivity contribution is 8.00. The maximum absolute atomic E-state index is 3.83. The molecule has 0 spiro atoms. The Hall–Kier alpha value is 0.270. The predicted molar refractivity (Wildman–Crippen MR) is 77.8 cm³/mol. The first-order chi connectivity index (χ1) is 8.23. The summed E-state index contributed by atoms with van der Waals surface area (Å²) in [6.45, 7) is 8.46. The lowest BCUT2D eigenvalue weighted by atomic mass is 10.0. The van der Waals surface area contributed by atoms with Gasteiger partial charge in [0, 0.05) is 36.5 Å². The molecule has 3 heteroatoms. The maximum atomic E-state index is 3.83. The lowest BCUT2D eigenvalue weighted by Gasteiger charge is -2.31. The average Bonchev–Trinajstić information content (AvgIpc) is 3.12. The molecular weight excluding hydrogens is 228 g/mol. The van der Waals surface area contributed by atoms with Gasteiger partial charge >= 0.3 is 0 Å². The summed E-state index contributed by atoms with van der Waals surface area (Å²) in [6.07, 6.45) is 9.07. The third-order valence-electron chi connectivity index (χ3n) is 4.72.